The number of unbranched alkanes of at least 4 members (excludes halogenated alkanes) is 1. The minimum absolute atomic E-state index is 0.0439. The summed E-state index contributed by atoms with van der Waals surface area (Å²) in [5.74, 6) is -2.25. The number of aliphatic carboxylic acids is 2. The van der Waals surface area contributed by atoms with Crippen LogP contribution in [0.2, 0.25) is 0 Å². The molecule has 19 heavy (non-hydrogen) atoms. The van der Waals surface area contributed by atoms with Crippen LogP contribution in [0.1, 0.15) is 59.8 Å². The zero-order valence-corrected chi connectivity index (χ0v) is 12.4. The van der Waals surface area contributed by atoms with E-state index in [1.165, 1.54) is 0 Å². The van der Waals surface area contributed by atoms with E-state index in [4.69, 9.17) is 0 Å². The summed E-state index contributed by atoms with van der Waals surface area (Å²) in [6.45, 7) is 7.56. The average Bonchev–Trinajstić information content (AvgIpc) is 2.31. The molecule has 0 spiro atoms. The molecule has 4 heteroatoms. The number of hydrogen-bond acceptors (Lipinski definition) is 2. The zero-order chi connectivity index (χ0) is 15.0. The van der Waals surface area contributed by atoms with Gasteiger partial charge in [0.1, 0.15) is 0 Å². The molecule has 0 aliphatic rings. The van der Waals surface area contributed by atoms with Crippen LogP contribution in [-0.2, 0) is 9.59 Å². The number of carboxylic acids is 2. The predicted octanol–water partition coefficient (Wildman–Crippen LogP) is 3.71. The van der Waals surface area contributed by atoms with Crippen LogP contribution in [0.3, 0.4) is 0 Å². The van der Waals surface area contributed by atoms with Crippen molar-refractivity contribution in [2.75, 3.05) is 0 Å². The Morgan fingerprint density at radius 2 is 1.63 bits per heavy atom. The van der Waals surface area contributed by atoms with Gasteiger partial charge in [-0.05, 0) is 18.3 Å². The van der Waals surface area contributed by atoms with Crippen molar-refractivity contribution in [2.45, 2.75) is 59.8 Å². The molecular formula is C15H26O4. The van der Waals surface area contributed by atoms with Gasteiger partial charge in [0.2, 0.25) is 0 Å². The Bertz CT molecular complexity index is 342. The topological polar surface area (TPSA) is 74.6 Å². The molecule has 0 amide bonds. The molecule has 0 fully saturated rings. The smallest absolute Gasteiger partial charge is 0.332 e. The molecule has 1 unspecified atom stereocenters. The number of rotatable bonds is 9. The maximum atomic E-state index is 11.4. The van der Waals surface area contributed by atoms with Gasteiger partial charge in [0, 0.05) is 11.1 Å². The quantitative estimate of drug-likeness (QED) is 0.626. The summed E-state index contributed by atoms with van der Waals surface area (Å²) >= 11 is 0. The Hall–Kier alpha value is -1.32. The number of carbonyl (C=O) groups is 2. The maximum Gasteiger partial charge on any atom is 0.332 e. The highest BCUT2D eigenvalue weighted by Gasteiger charge is 2.24. The summed E-state index contributed by atoms with van der Waals surface area (Å²) in [5, 5.41) is 18.5. The first-order valence-corrected chi connectivity index (χ1v) is 7.04. The molecule has 0 aromatic carbocycles. The lowest BCUT2D eigenvalue weighted by atomic mass is 9.87. The molecule has 0 saturated carbocycles. The molecule has 0 aromatic rings. The average molecular weight is 270 g/mol. The normalized spacial score (nSPS) is 14.2. The summed E-state index contributed by atoms with van der Waals surface area (Å²) in [5.41, 5.74) is 0.118. The molecule has 110 valence electrons. The van der Waals surface area contributed by atoms with Crippen LogP contribution in [0.15, 0.2) is 11.1 Å². The minimum Gasteiger partial charge on any atom is -0.478 e. The van der Waals surface area contributed by atoms with Crippen LogP contribution in [0.25, 0.3) is 0 Å². The third-order valence-corrected chi connectivity index (χ3v) is 3.43. The standard InChI is InChI=1S/C15H26O4/c1-5-7-8-11(6-2)9-12(14(16)17)13(10(3)4)15(18)19/h10-11H,5-9H2,1-4H3,(H,16,17)(H,18,19)/b13-12+. The molecule has 0 aliphatic heterocycles. The molecule has 1 atom stereocenters. The predicted molar refractivity (Wildman–Crippen MR) is 75.1 cm³/mol. The van der Waals surface area contributed by atoms with Crippen molar-refractivity contribution in [3.8, 4) is 0 Å². The van der Waals surface area contributed by atoms with E-state index in [0.29, 0.717) is 6.42 Å². The fraction of sp³-hybridized carbons (Fsp3) is 0.733. The molecule has 2 N–H and O–H groups in total. The Balaban J connectivity index is 5.24. The monoisotopic (exact) mass is 270 g/mol. The van der Waals surface area contributed by atoms with E-state index in [-0.39, 0.29) is 23.0 Å². The highest BCUT2D eigenvalue weighted by atomic mass is 16.4. The molecular weight excluding hydrogens is 244 g/mol. The first kappa shape index (κ1) is 17.7. The van der Waals surface area contributed by atoms with E-state index >= 15 is 0 Å². The van der Waals surface area contributed by atoms with Crippen LogP contribution in [0.4, 0.5) is 0 Å². The Labute approximate surface area is 115 Å². The first-order valence-electron chi connectivity index (χ1n) is 7.04. The van der Waals surface area contributed by atoms with Crippen LogP contribution >= 0.6 is 0 Å². The summed E-state index contributed by atoms with van der Waals surface area (Å²) in [6, 6.07) is 0. The van der Waals surface area contributed by atoms with Gasteiger partial charge in [-0.1, -0.05) is 53.4 Å². The third-order valence-electron chi connectivity index (χ3n) is 3.43. The second-order valence-electron chi connectivity index (χ2n) is 5.28. The van der Waals surface area contributed by atoms with Gasteiger partial charge in [-0.15, -0.1) is 0 Å². The summed E-state index contributed by atoms with van der Waals surface area (Å²) < 4.78 is 0. The summed E-state index contributed by atoms with van der Waals surface area (Å²) in [6.07, 6.45) is 4.30. The van der Waals surface area contributed by atoms with Gasteiger partial charge in [-0.2, -0.15) is 0 Å². The first-order chi connectivity index (χ1) is 8.84. The van der Waals surface area contributed by atoms with Gasteiger partial charge >= 0.3 is 11.9 Å². The fourth-order valence-electron chi connectivity index (χ4n) is 2.27. The van der Waals surface area contributed by atoms with E-state index in [9.17, 15) is 19.8 Å². The lowest BCUT2D eigenvalue weighted by Crippen LogP contribution is -2.18. The molecule has 0 aliphatic carbocycles. The number of hydrogen-bond donors (Lipinski definition) is 2. The molecule has 4 nitrogen and oxygen atoms in total. The summed E-state index contributed by atoms with van der Waals surface area (Å²) in [4.78, 5) is 22.6. The Morgan fingerprint density at radius 1 is 1.05 bits per heavy atom. The van der Waals surface area contributed by atoms with Crippen molar-refractivity contribution in [3.05, 3.63) is 11.1 Å². The lowest BCUT2D eigenvalue weighted by molar-refractivity contribution is -0.136. The van der Waals surface area contributed by atoms with Crippen molar-refractivity contribution in [2.24, 2.45) is 11.8 Å². The molecule has 0 aromatic heterocycles. The van der Waals surface area contributed by atoms with E-state index in [0.717, 1.165) is 25.7 Å². The van der Waals surface area contributed by atoms with Crippen LogP contribution < -0.4 is 0 Å². The SMILES string of the molecule is CCCCC(CC)C/C(C(=O)O)=C(\C(=O)O)C(C)C. The zero-order valence-electron chi connectivity index (χ0n) is 12.4. The number of carboxylic acid groups (broad SMARTS) is 2. The van der Waals surface area contributed by atoms with Crippen LogP contribution in [0, 0.1) is 11.8 Å². The second-order valence-corrected chi connectivity index (χ2v) is 5.28. The van der Waals surface area contributed by atoms with Crippen molar-refractivity contribution in [3.63, 3.8) is 0 Å². The molecule has 0 rings (SSSR count). The largest absolute Gasteiger partial charge is 0.478 e. The maximum absolute atomic E-state index is 11.4. The van der Waals surface area contributed by atoms with E-state index in [2.05, 4.69) is 6.92 Å². The van der Waals surface area contributed by atoms with E-state index in [1.54, 1.807) is 13.8 Å². The van der Waals surface area contributed by atoms with Crippen molar-refractivity contribution in [1.82, 2.24) is 0 Å². The van der Waals surface area contributed by atoms with Gasteiger partial charge < -0.3 is 10.2 Å². The van der Waals surface area contributed by atoms with E-state index < -0.39 is 11.9 Å². The summed E-state index contributed by atoms with van der Waals surface area (Å²) in [7, 11) is 0. The van der Waals surface area contributed by atoms with Gasteiger partial charge in [0.15, 0.2) is 0 Å². The lowest BCUT2D eigenvalue weighted by Gasteiger charge is -2.18. The van der Waals surface area contributed by atoms with Gasteiger partial charge in [-0.3, -0.25) is 0 Å². The third kappa shape index (κ3) is 5.90. The highest BCUT2D eigenvalue weighted by Crippen LogP contribution is 2.26. The van der Waals surface area contributed by atoms with Crippen molar-refractivity contribution in [1.29, 1.82) is 0 Å². The van der Waals surface area contributed by atoms with Crippen LogP contribution in [0.5, 0.6) is 0 Å². The fourth-order valence-corrected chi connectivity index (χ4v) is 2.27. The molecule has 0 bridgehead atoms. The van der Waals surface area contributed by atoms with Crippen molar-refractivity contribution >= 4 is 11.9 Å². The van der Waals surface area contributed by atoms with Crippen molar-refractivity contribution < 1.29 is 19.8 Å². The highest BCUT2D eigenvalue weighted by molar-refractivity contribution is 5.99. The molecule has 0 heterocycles. The Morgan fingerprint density at radius 3 is 1.95 bits per heavy atom. The molecule has 0 radical (unpaired) electrons. The van der Waals surface area contributed by atoms with Gasteiger partial charge in [0.25, 0.3) is 0 Å². The molecule has 0 saturated heterocycles. The minimum atomic E-state index is -1.11. The second kappa shape index (κ2) is 8.73. The Kier molecular flexibility index (Phi) is 8.12. The van der Waals surface area contributed by atoms with Crippen LogP contribution in [-0.4, -0.2) is 22.2 Å². The van der Waals surface area contributed by atoms with Gasteiger partial charge in [-0.25, -0.2) is 9.59 Å². The van der Waals surface area contributed by atoms with E-state index in [1.807, 2.05) is 6.92 Å². The van der Waals surface area contributed by atoms with Gasteiger partial charge in [0.05, 0.1) is 0 Å².